The third-order valence-corrected chi connectivity index (χ3v) is 5.36. The van der Waals surface area contributed by atoms with Crippen molar-refractivity contribution >= 4 is 0 Å². The van der Waals surface area contributed by atoms with Gasteiger partial charge in [-0.3, -0.25) is 0 Å². The summed E-state index contributed by atoms with van der Waals surface area (Å²) < 4.78 is 29.5. The van der Waals surface area contributed by atoms with Crippen LogP contribution in [0.3, 0.4) is 0 Å². The molecule has 0 N–H and O–H groups in total. The molecule has 1 saturated carbocycles. The normalized spacial score (nSPS) is 30.8. The second kappa shape index (κ2) is 6.39. The Balaban J connectivity index is 1.99. The van der Waals surface area contributed by atoms with E-state index in [0.717, 1.165) is 25.0 Å². The molecule has 0 bridgehead atoms. The minimum absolute atomic E-state index is 0.128. The SMILES string of the molecule is [2H]C([2H])([2H])N(CCC)[C@H]1Cc2ccc(OC)cc2C2CCCCC21. The highest BCUT2D eigenvalue weighted by Gasteiger charge is 2.39. The minimum atomic E-state index is -2.01. The van der Waals surface area contributed by atoms with E-state index in [0.29, 0.717) is 18.4 Å². The van der Waals surface area contributed by atoms with E-state index >= 15 is 0 Å². The van der Waals surface area contributed by atoms with Gasteiger partial charge in [-0.05, 0) is 74.3 Å². The molecule has 0 radical (unpaired) electrons. The molecule has 2 aliphatic rings. The predicted molar refractivity (Wildman–Crippen MR) is 88.1 cm³/mol. The van der Waals surface area contributed by atoms with Crippen molar-refractivity contribution in [2.75, 3.05) is 20.6 Å². The summed E-state index contributed by atoms with van der Waals surface area (Å²) in [6.07, 6.45) is 6.50. The van der Waals surface area contributed by atoms with Gasteiger partial charge in [-0.15, -0.1) is 0 Å². The zero-order chi connectivity index (χ0) is 17.3. The first-order valence-electron chi connectivity index (χ1n) is 9.89. The van der Waals surface area contributed by atoms with Gasteiger partial charge in [0.25, 0.3) is 0 Å². The van der Waals surface area contributed by atoms with E-state index in [1.165, 1.54) is 30.4 Å². The number of fused-ring (bicyclic) bond motifs is 3. The molecule has 2 aliphatic carbocycles. The van der Waals surface area contributed by atoms with Crippen LogP contribution in [-0.2, 0) is 6.42 Å². The Morgan fingerprint density at radius 1 is 1.33 bits per heavy atom. The lowest BCUT2D eigenvalue weighted by molar-refractivity contribution is 0.115. The van der Waals surface area contributed by atoms with E-state index in [1.54, 1.807) is 7.11 Å². The van der Waals surface area contributed by atoms with Crippen LogP contribution in [0, 0.1) is 5.92 Å². The fourth-order valence-corrected chi connectivity index (χ4v) is 4.36. The standard InChI is InChI=1S/C19H29NO/c1-4-11-20(2)19-12-14-9-10-15(21-3)13-18(14)16-7-5-6-8-17(16)19/h9-10,13,16-17,19H,4-8,11-12H2,1-3H3/t16?,17?,19-/m0/s1/i2D3. The maximum Gasteiger partial charge on any atom is 0.119 e. The molecule has 2 heteroatoms. The summed E-state index contributed by atoms with van der Waals surface area (Å²) in [4.78, 5) is 1.81. The van der Waals surface area contributed by atoms with Crippen molar-refractivity contribution in [2.24, 2.45) is 5.92 Å². The smallest absolute Gasteiger partial charge is 0.119 e. The predicted octanol–water partition coefficient (Wildman–Crippen LogP) is 4.24. The van der Waals surface area contributed by atoms with Crippen LogP contribution in [0.1, 0.15) is 60.2 Å². The highest BCUT2D eigenvalue weighted by molar-refractivity contribution is 5.41. The number of benzene rings is 1. The van der Waals surface area contributed by atoms with Crippen LogP contribution in [0.15, 0.2) is 18.2 Å². The molecule has 3 atom stereocenters. The van der Waals surface area contributed by atoms with Crippen molar-refractivity contribution in [1.29, 1.82) is 0 Å². The van der Waals surface area contributed by atoms with Crippen LogP contribution in [0.4, 0.5) is 0 Å². The molecule has 1 aromatic carbocycles. The maximum absolute atomic E-state index is 8.02. The molecule has 0 aromatic heterocycles. The van der Waals surface area contributed by atoms with E-state index in [-0.39, 0.29) is 6.04 Å². The average molecular weight is 290 g/mol. The number of hydrogen-bond acceptors (Lipinski definition) is 2. The number of likely N-dealkylation sites (N-methyl/N-ethyl adjacent to an activating group) is 1. The molecule has 21 heavy (non-hydrogen) atoms. The van der Waals surface area contributed by atoms with Crippen LogP contribution in [-0.4, -0.2) is 31.6 Å². The molecule has 0 amide bonds. The highest BCUT2D eigenvalue weighted by atomic mass is 16.5. The summed E-state index contributed by atoms with van der Waals surface area (Å²) in [5.41, 5.74) is 2.71. The lowest BCUT2D eigenvalue weighted by atomic mass is 9.65. The second-order valence-electron chi connectivity index (χ2n) is 6.58. The Kier molecular flexibility index (Phi) is 3.51. The topological polar surface area (TPSA) is 12.5 Å². The van der Waals surface area contributed by atoms with Crippen molar-refractivity contribution in [2.45, 2.75) is 57.4 Å². The molecule has 2 unspecified atom stereocenters. The first kappa shape index (κ1) is 11.5. The van der Waals surface area contributed by atoms with Crippen LogP contribution in [0.2, 0.25) is 0 Å². The molecule has 1 fully saturated rings. The average Bonchev–Trinajstić information content (AvgIpc) is 2.57. The van der Waals surface area contributed by atoms with Crippen molar-refractivity contribution in [3.05, 3.63) is 29.3 Å². The van der Waals surface area contributed by atoms with E-state index < -0.39 is 6.98 Å². The molecular weight excluding hydrogens is 258 g/mol. The Labute approximate surface area is 133 Å². The van der Waals surface area contributed by atoms with Gasteiger partial charge < -0.3 is 9.64 Å². The van der Waals surface area contributed by atoms with Gasteiger partial charge in [-0.1, -0.05) is 25.8 Å². The maximum atomic E-state index is 8.02. The van der Waals surface area contributed by atoms with E-state index in [2.05, 4.69) is 19.1 Å². The molecule has 0 spiro atoms. The highest BCUT2D eigenvalue weighted by Crippen LogP contribution is 2.47. The zero-order valence-corrected chi connectivity index (χ0v) is 13.3. The lowest BCUT2D eigenvalue weighted by Gasteiger charge is -2.46. The van der Waals surface area contributed by atoms with Gasteiger partial charge in [-0.2, -0.15) is 0 Å². The fraction of sp³-hybridized carbons (Fsp3) is 0.684. The summed E-state index contributed by atoms with van der Waals surface area (Å²) in [6.45, 7) is 0.710. The van der Waals surface area contributed by atoms with Gasteiger partial charge in [0.1, 0.15) is 5.75 Å². The van der Waals surface area contributed by atoms with Gasteiger partial charge >= 0.3 is 0 Å². The third-order valence-electron chi connectivity index (χ3n) is 5.36. The Morgan fingerprint density at radius 3 is 2.95 bits per heavy atom. The van der Waals surface area contributed by atoms with Crippen molar-refractivity contribution in [1.82, 2.24) is 4.90 Å². The number of rotatable bonds is 4. The fourth-order valence-electron chi connectivity index (χ4n) is 4.36. The number of nitrogens with zero attached hydrogens (tertiary/aromatic N) is 1. The van der Waals surface area contributed by atoms with Crippen LogP contribution in [0.25, 0.3) is 0 Å². The monoisotopic (exact) mass is 290 g/mol. The Morgan fingerprint density at radius 2 is 2.19 bits per heavy atom. The van der Waals surface area contributed by atoms with Crippen LogP contribution in [0.5, 0.6) is 5.75 Å². The molecule has 3 rings (SSSR count). The molecule has 0 heterocycles. The van der Waals surface area contributed by atoms with Gasteiger partial charge in [0, 0.05) is 10.2 Å². The van der Waals surface area contributed by atoms with Gasteiger partial charge in [0.2, 0.25) is 0 Å². The summed E-state index contributed by atoms with van der Waals surface area (Å²) in [6, 6.07) is 6.48. The largest absolute Gasteiger partial charge is 0.497 e. The number of methoxy groups -OCH3 is 1. The molecule has 1 aromatic rings. The zero-order valence-electron chi connectivity index (χ0n) is 16.3. The molecular formula is C19H29NO. The number of ether oxygens (including phenoxy) is 1. The lowest BCUT2D eigenvalue weighted by Crippen LogP contribution is -2.46. The second-order valence-corrected chi connectivity index (χ2v) is 6.58. The van der Waals surface area contributed by atoms with E-state index in [9.17, 15) is 0 Å². The third kappa shape index (κ3) is 2.83. The summed E-state index contributed by atoms with van der Waals surface area (Å²) in [5.74, 6) is 1.84. The Hall–Kier alpha value is -1.02. The Bertz CT molecular complexity index is 572. The van der Waals surface area contributed by atoms with Crippen molar-refractivity contribution < 1.29 is 8.85 Å². The van der Waals surface area contributed by atoms with E-state index in [4.69, 9.17) is 8.85 Å². The van der Waals surface area contributed by atoms with Crippen molar-refractivity contribution in [3.63, 3.8) is 0 Å². The minimum Gasteiger partial charge on any atom is -0.497 e. The summed E-state index contributed by atoms with van der Waals surface area (Å²) >= 11 is 0. The van der Waals surface area contributed by atoms with Crippen LogP contribution >= 0.6 is 0 Å². The first-order chi connectivity index (χ1) is 11.5. The summed E-state index contributed by atoms with van der Waals surface area (Å²) in [5, 5.41) is 0. The number of hydrogen-bond donors (Lipinski definition) is 0. The van der Waals surface area contributed by atoms with Gasteiger partial charge in [0.05, 0.1) is 7.11 Å². The molecule has 116 valence electrons. The molecule has 0 aliphatic heterocycles. The van der Waals surface area contributed by atoms with Gasteiger partial charge in [-0.25, -0.2) is 0 Å². The molecule has 2 nitrogen and oxygen atoms in total. The first-order valence-corrected chi connectivity index (χ1v) is 8.39. The quantitative estimate of drug-likeness (QED) is 0.822. The van der Waals surface area contributed by atoms with E-state index in [1.807, 2.05) is 11.0 Å². The molecule has 0 saturated heterocycles. The van der Waals surface area contributed by atoms with Crippen molar-refractivity contribution in [3.8, 4) is 5.75 Å². The van der Waals surface area contributed by atoms with Gasteiger partial charge in [0.15, 0.2) is 0 Å². The van der Waals surface area contributed by atoms with Crippen LogP contribution < -0.4 is 4.74 Å². The summed E-state index contributed by atoms with van der Waals surface area (Å²) in [7, 11) is 1.71.